The van der Waals surface area contributed by atoms with Gasteiger partial charge in [-0.15, -0.1) is 11.3 Å². The minimum atomic E-state index is -0.697. The van der Waals surface area contributed by atoms with E-state index in [-0.39, 0.29) is 5.92 Å². The molecule has 1 aromatic carbocycles. The second-order valence-electron chi connectivity index (χ2n) is 4.26. The van der Waals surface area contributed by atoms with E-state index in [0.717, 1.165) is 21.7 Å². The summed E-state index contributed by atoms with van der Waals surface area (Å²) in [5.74, 6) is -0.950. The van der Waals surface area contributed by atoms with Gasteiger partial charge in [0, 0.05) is 17.1 Å². The number of rotatable bonds is 2. The quantitative estimate of drug-likeness (QED) is 0.884. The van der Waals surface area contributed by atoms with Crippen molar-refractivity contribution < 1.29 is 9.90 Å². The van der Waals surface area contributed by atoms with E-state index in [4.69, 9.17) is 5.11 Å². The Kier molecular flexibility index (Phi) is 2.44. The van der Waals surface area contributed by atoms with Crippen molar-refractivity contribution in [3.05, 3.63) is 40.9 Å². The van der Waals surface area contributed by atoms with Crippen LogP contribution in [0.1, 0.15) is 11.1 Å². The van der Waals surface area contributed by atoms with Gasteiger partial charge in [0.2, 0.25) is 0 Å². The highest BCUT2D eigenvalue weighted by atomic mass is 32.1. The average molecular weight is 245 g/mol. The van der Waals surface area contributed by atoms with Crippen molar-refractivity contribution in [2.75, 3.05) is 0 Å². The van der Waals surface area contributed by atoms with Crippen LogP contribution in [0.2, 0.25) is 0 Å². The van der Waals surface area contributed by atoms with Crippen LogP contribution in [-0.4, -0.2) is 16.1 Å². The van der Waals surface area contributed by atoms with Gasteiger partial charge in [0.05, 0.1) is 5.92 Å². The topological polar surface area (TPSA) is 50.2 Å². The predicted molar refractivity (Wildman–Crippen MR) is 66.1 cm³/mol. The molecule has 1 aliphatic carbocycles. The molecule has 1 atom stereocenters. The number of aromatic nitrogens is 1. The molecule has 17 heavy (non-hydrogen) atoms. The van der Waals surface area contributed by atoms with Gasteiger partial charge in [0.25, 0.3) is 0 Å². The molecule has 3 nitrogen and oxygen atoms in total. The summed E-state index contributed by atoms with van der Waals surface area (Å²) in [6.45, 7) is 0. The molecule has 1 unspecified atom stereocenters. The van der Waals surface area contributed by atoms with Gasteiger partial charge in [-0.1, -0.05) is 12.1 Å². The lowest BCUT2D eigenvalue weighted by Crippen LogP contribution is -2.12. The molecular formula is C13H11NO2S. The molecule has 1 heterocycles. The highest BCUT2D eigenvalue weighted by molar-refractivity contribution is 7.13. The van der Waals surface area contributed by atoms with Gasteiger partial charge in [0.15, 0.2) is 0 Å². The van der Waals surface area contributed by atoms with Gasteiger partial charge in [-0.2, -0.15) is 0 Å². The van der Waals surface area contributed by atoms with Crippen LogP contribution in [0.4, 0.5) is 0 Å². The number of fused-ring (bicyclic) bond motifs is 1. The molecule has 4 heteroatoms. The molecule has 3 rings (SSSR count). The van der Waals surface area contributed by atoms with Crippen molar-refractivity contribution in [1.82, 2.24) is 4.98 Å². The second kappa shape index (κ2) is 3.96. The maximum Gasteiger partial charge on any atom is 0.307 e. The third-order valence-electron chi connectivity index (χ3n) is 3.17. The first-order chi connectivity index (χ1) is 8.24. The number of benzene rings is 1. The van der Waals surface area contributed by atoms with Crippen molar-refractivity contribution in [2.45, 2.75) is 12.8 Å². The lowest BCUT2D eigenvalue weighted by atomic mass is 10.1. The fraction of sp³-hybridized carbons (Fsp3) is 0.231. The molecule has 0 saturated carbocycles. The summed E-state index contributed by atoms with van der Waals surface area (Å²) in [5, 5.41) is 12.0. The molecule has 0 radical (unpaired) electrons. The summed E-state index contributed by atoms with van der Waals surface area (Å²) in [4.78, 5) is 15.2. The van der Waals surface area contributed by atoms with E-state index < -0.39 is 5.97 Å². The molecule has 86 valence electrons. The number of carbonyl (C=O) groups is 1. The molecule has 1 aromatic heterocycles. The summed E-state index contributed by atoms with van der Waals surface area (Å²) in [5.41, 5.74) is 3.41. The Morgan fingerprint density at radius 2 is 2.18 bits per heavy atom. The van der Waals surface area contributed by atoms with Crippen LogP contribution in [0.15, 0.2) is 29.8 Å². The average Bonchev–Trinajstić information content (AvgIpc) is 2.97. The Balaban J connectivity index is 1.95. The Bertz CT molecular complexity index is 563. The number of nitrogens with zero attached hydrogens (tertiary/aromatic N) is 1. The molecule has 0 fully saturated rings. The van der Waals surface area contributed by atoms with E-state index >= 15 is 0 Å². The largest absolute Gasteiger partial charge is 0.481 e. The first-order valence-electron chi connectivity index (χ1n) is 5.48. The lowest BCUT2D eigenvalue weighted by molar-refractivity contribution is -0.141. The zero-order chi connectivity index (χ0) is 11.8. The van der Waals surface area contributed by atoms with Gasteiger partial charge in [-0.25, -0.2) is 4.98 Å². The fourth-order valence-corrected chi connectivity index (χ4v) is 2.93. The van der Waals surface area contributed by atoms with Gasteiger partial charge in [-0.3, -0.25) is 4.79 Å². The first kappa shape index (κ1) is 10.5. The van der Waals surface area contributed by atoms with Crippen molar-refractivity contribution in [1.29, 1.82) is 0 Å². The highest BCUT2D eigenvalue weighted by Gasteiger charge is 2.27. The number of thiazole rings is 1. The maximum absolute atomic E-state index is 11.0. The van der Waals surface area contributed by atoms with Crippen molar-refractivity contribution in [3.63, 3.8) is 0 Å². The smallest absolute Gasteiger partial charge is 0.307 e. The Labute approximate surface area is 103 Å². The summed E-state index contributed by atoms with van der Waals surface area (Å²) < 4.78 is 0. The second-order valence-corrected chi connectivity index (χ2v) is 5.16. The number of aliphatic carboxylic acids is 1. The van der Waals surface area contributed by atoms with Crippen molar-refractivity contribution in [3.8, 4) is 10.6 Å². The van der Waals surface area contributed by atoms with E-state index in [9.17, 15) is 4.79 Å². The van der Waals surface area contributed by atoms with Crippen LogP contribution in [0.5, 0.6) is 0 Å². The third kappa shape index (κ3) is 1.85. The number of hydrogen-bond acceptors (Lipinski definition) is 3. The summed E-state index contributed by atoms with van der Waals surface area (Å²) in [7, 11) is 0. The van der Waals surface area contributed by atoms with E-state index in [1.54, 1.807) is 17.5 Å². The minimum absolute atomic E-state index is 0.253. The lowest BCUT2D eigenvalue weighted by Gasteiger charge is -2.01. The molecule has 0 amide bonds. The van der Waals surface area contributed by atoms with E-state index in [1.807, 2.05) is 17.5 Å². The third-order valence-corrected chi connectivity index (χ3v) is 3.99. The van der Waals surface area contributed by atoms with Gasteiger partial charge >= 0.3 is 5.97 Å². The molecule has 0 bridgehead atoms. The molecule has 0 aliphatic heterocycles. The Morgan fingerprint density at radius 3 is 2.88 bits per heavy atom. The van der Waals surface area contributed by atoms with Gasteiger partial charge < -0.3 is 5.11 Å². The van der Waals surface area contributed by atoms with E-state index in [0.29, 0.717) is 12.8 Å². The van der Waals surface area contributed by atoms with Crippen LogP contribution in [0.3, 0.4) is 0 Å². The van der Waals surface area contributed by atoms with E-state index in [1.165, 1.54) is 0 Å². The molecule has 1 aliphatic rings. The van der Waals surface area contributed by atoms with Crippen molar-refractivity contribution in [2.24, 2.45) is 5.92 Å². The van der Waals surface area contributed by atoms with E-state index in [2.05, 4.69) is 11.1 Å². The Morgan fingerprint density at radius 1 is 1.35 bits per heavy atom. The maximum atomic E-state index is 11.0. The van der Waals surface area contributed by atoms with Crippen LogP contribution < -0.4 is 0 Å². The number of hydrogen-bond donors (Lipinski definition) is 1. The standard InChI is InChI=1S/C13H11NO2S/c15-13(16)11-5-8-1-2-9(6-10(8)7-11)12-14-3-4-17-12/h1-4,6,11H,5,7H2,(H,15,16). The summed E-state index contributed by atoms with van der Waals surface area (Å²) in [6, 6.07) is 6.15. The molecule has 2 aromatic rings. The Hall–Kier alpha value is -1.68. The van der Waals surface area contributed by atoms with Crippen LogP contribution in [0.25, 0.3) is 10.6 Å². The minimum Gasteiger partial charge on any atom is -0.481 e. The summed E-state index contributed by atoms with van der Waals surface area (Å²) in [6.07, 6.45) is 3.08. The molecule has 1 N–H and O–H groups in total. The molecule has 0 saturated heterocycles. The van der Waals surface area contributed by atoms with Gasteiger partial charge in [-0.05, 0) is 30.0 Å². The number of carboxylic acid groups (broad SMARTS) is 1. The normalized spacial score (nSPS) is 18.0. The predicted octanol–water partition coefficient (Wildman–Crippen LogP) is 2.61. The highest BCUT2D eigenvalue weighted by Crippen LogP contribution is 2.31. The number of carboxylic acids is 1. The fourth-order valence-electron chi connectivity index (χ4n) is 2.29. The molecule has 0 spiro atoms. The molecular weight excluding hydrogens is 234 g/mol. The zero-order valence-electron chi connectivity index (χ0n) is 9.09. The van der Waals surface area contributed by atoms with Crippen LogP contribution in [-0.2, 0) is 17.6 Å². The monoisotopic (exact) mass is 245 g/mol. The first-order valence-corrected chi connectivity index (χ1v) is 6.36. The van der Waals surface area contributed by atoms with Crippen LogP contribution in [0, 0.1) is 5.92 Å². The summed E-state index contributed by atoms with van der Waals surface area (Å²) >= 11 is 1.60. The zero-order valence-corrected chi connectivity index (χ0v) is 9.91. The van der Waals surface area contributed by atoms with Gasteiger partial charge in [0.1, 0.15) is 5.01 Å². The van der Waals surface area contributed by atoms with Crippen LogP contribution >= 0.6 is 11.3 Å². The SMILES string of the molecule is O=C(O)C1Cc2ccc(-c3nccs3)cc2C1. The van der Waals surface area contributed by atoms with Crippen molar-refractivity contribution >= 4 is 17.3 Å².